The van der Waals surface area contributed by atoms with Crippen LogP contribution in [0.15, 0.2) is 41.4 Å². The molecular weight excluding hydrogens is 328 g/mol. The van der Waals surface area contributed by atoms with Gasteiger partial charge < -0.3 is 10.4 Å². The van der Waals surface area contributed by atoms with Gasteiger partial charge in [0.05, 0.1) is 21.9 Å². The number of carbonyl (C=O) groups excluding carboxylic acids is 1. The number of aromatic nitrogens is 1. The summed E-state index contributed by atoms with van der Waals surface area (Å²) in [6.07, 6.45) is 1.28. The highest BCUT2D eigenvalue weighted by Crippen LogP contribution is 2.27. The topological polar surface area (TPSA) is 96.4 Å². The Balaban J connectivity index is 2.31. The number of rotatable bonds is 4. The molecule has 0 atom stereocenters. The van der Waals surface area contributed by atoms with Crippen LogP contribution in [0.2, 0.25) is 5.15 Å². The molecule has 0 radical (unpaired) electrons. The summed E-state index contributed by atoms with van der Waals surface area (Å²) in [7, 11) is -3.44. The highest BCUT2D eigenvalue weighted by molar-refractivity contribution is 7.91. The van der Waals surface area contributed by atoms with Crippen LogP contribution >= 0.6 is 11.6 Å². The molecule has 1 aromatic carbocycles. The summed E-state index contributed by atoms with van der Waals surface area (Å²) in [6, 6.07) is 6.64. The fraction of sp³-hybridized carbons (Fsp3) is 0.143. The van der Waals surface area contributed by atoms with Gasteiger partial charge in [0.15, 0.2) is 9.84 Å². The first-order valence-corrected chi connectivity index (χ1v) is 8.35. The third-order valence-corrected chi connectivity index (χ3v) is 4.90. The van der Waals surface area contributed by atoms with E-state index in [4.69, 9.17) is 11.6 Å². The number of pyridine rings is 1. The molecule has 0 unspecified atom stereocenters. The number of halogens is 1. The van der Waals surface area contributed by atoms with Crippen molar-refractivity contribution in [2.45, 2.75) is 11.8 Å². The van der Waals surface area contributed by atoms with Crippen molar-refractivity contribution < 1.29 is 18.3 Å². The number of sulfone groups is 1. The van der Waals surface area contributed by atoms with Gasteiger partial charge in [0, 0.05) is 6.20 Å². The first-order chi connectivity index (χ1) is 10.3. The number of anilines is 1. The lowest BCUT2D eigenvalue weighted by Crippen LogP contribution is -2.13. The van der Waals surface area contributed by atoms with Crippen molar-refractivity contribution in [1.82, 2.24) is 4.98 Å². The Morgan fingerprint density at radius 1 is 1.32 bits per heavy atom. The largest absolute Gasteiger partial charge is 0.506 e. The summed E-state index contributed by atoms with van der Waals surface area (Å²) in [5.74, 6) is -0.845. The van der Waals surface area contributed by atoms with Gasteiger partial charge in [0.2, 0.25) is 0 Å². The average molecular weight is 341 g/mol. The van der Waals surface area contributed by atoms with Crippen molar-refractivity contribution in [3.63, 3.8) is 0 Å². The number of nitrogens with zero attached hydrogens (tertiary/aromatic N) is 1. The van der Waals surface area contributed by atoms with E-state index in [1.54, 1.807) is 0 Å². The monoisotopic (exact) mass is 340 g/mol. The maximum absolute atomic E-state index is 12.1. The summed E-state index contributed by atoms with van der Waals surface area (Å²) in [5.41, 5.74) is 0.238. The molecule has 0 spiro atoms. The molecule has 1 heterocycles. The third-order valence-electron chi connectivity index (χ3n) is 2.94. The minimum Gasteiger partial charge on any atom is -0.506 e. The van der Waals surface area contributed by atoms with Gasteiger partial charge >= 0.3 is 0 Å². The maximum atomic E-state index is 12.1. The fourth-order valence-electron chi connectivity index (χ4n) is 1.68. The van der Waals surface area contributed by atoms with E-state index < -0.39 is 15.7 Å². The molecule has 0 bridgehead atoms. The minimum absolute atomic E-state index is 0.00877. The van der Waals surface area contributed by atoms with Crippen LogP contribution in [0.5, 0.6) is 5.75 Å². The molecule has 0 aliphatic carbocycles. The number of phenolic OH excluding ortho intramolecular Hbond substituents is 1. The molecule has 1 amide bonds. The molecule has 0 fully saturated rings. The van der Waals surface area contributed by atoms with Crippen molar-refractivity contribution in [3.05, 3.63) is 47.2 Å². The van der Waals surface area contributed by atoms with Crippen molar-refractivity contribution >= 4 is 33.0 Å². The molecule has 0 aliphatic rings. The first-order valence-electron chi connectivity index (χ1n) is 6.32. The Labute approximate surface area is 132 Å². The van der Waals surface area contributed by atoms with E-state index in [0.29, 0.717) is 0 Å². The zero-order chi connectivity index (χ0) is 16.3. The fourth-order valence-corrected chi connectivity index (χ4v) is 2.70. The predicted octanol–water partition coefficient (Wildman–Crippen LogP) is 2.49. The van der Waals surface area contributed by atoms with E-state index >= 15 is 0 Å². The summed E-state index contributed by atoms with van der Waals surface area (Å²) < 4.78 is 23.7. The predicted molar refractivity (Wildman–Crippen MR) is 83.0 cm³/mol. The quantitative estimate of drug-likeness (QED) is 0.658. The maximum Gasteiger partial charge on any atom is 0.257 e. The first kappa shape index (κ1) is 16.3. The smallest absolute Gasteiger partial charge is 0.257 e. The zero-order valence-corrected chi connectivity index (χ0v) is 13.1. The Bertz CT molecular complexity index is 804. The molecule has 1 aromatic heterocycles. The molecular formula is C14H13ClN2O4S. The van der Waals surface area contributed by atoms with E-state index in [1.165, 1.54) is 43.5 Å². The van der Waals surface area contributed by atoms with E-state index in [0.717, 1.165) is 0 Å². The molecule has 0 aliphatic heterocycles. The lowest BCUT2D eigenvalue weighted by atomic mass is 10.2. The van der Waals surface area contributed by atoms with E-state index in [9.17, 15) is 18.3 Å². The van der Waals surface area contributed by atoms with Gasteiger partial charge in [-0.15, -0.1) is 0 Å². The van der Waals surface area contributed by atoms with Crippen LogP contribution < -0.4 is 5.32 Å². The van der Waals surface area contributed by atoms with Gasteiger partial charge in [-0.1, -0.05) is 18.5 Å². The van der Waals surface area contributed by atoms with Gasteiger partial charge in [-0.3, -0.25) is 4.79 Å². The number of benzene rings is 1. The molecule has 8 heteroatoms. The van der Waals surface area contributed by atoms with Gasteiger partial charge in [-0.2, -0.15) is 0 Å². The van der Waals surface area contributed by atoms with Crippen LogP contribution in [0.25, 0.3) is 0 Å². The molecule has 22 heavy (non-hydrogen) atoms. The normalized spacial score (nSPS) is 11.2. The Kier molecular flexibility index (Phi) is 4.68. The van der Waals surface area contributed by atoms with Crippen molar-refractivity contribution in [1.29, 1.82) is 0 Å². The lowest BCUT2D eigenvalue weighted by molar-refractivity contribution is 0.102. The molecule has 6 nitrogen and oxygen atoms in total. The van der Waals surface area contributed by atoms with Gasteiger partial charge in [0.1, 0.15) is 10.9 Å². The molecule has 2 aromatic rings. The third kappa shape index (κ3) is 3.55. The lowest BCUT2D eigenvalue weighted by Gasteiger charge is -2.09. The van der Waals surface area contributed by atoms with E-state index in [-0.39, 0.29) is 32.8 Å². The summed E-state index contributed by atoms with van der Waals surface area (Å²) in [6.45, 7) is 1.51. The molecule has 0 saturated heterocycles. The van der Waals surface area contributed by atoms with Gasteiger partial charge in [-0.05, 0) is 30.3 Å². The second-order valence-corrected chi connectivity index (χ2v) is 7.07. The van der Waals surface area contributed by atoms with Gasteiger partial charge in [0.25, 0.3) is 5.91 Å². The summed E-state index contributed by atoms with van der Waals surface area (Å²) in [5, 5.41) is 12.5. The van der Waals surface area contributed by atoms with E-state index in [2.05, 4.69) is 10.3 Å². The Morgan fingerprint density at radius 3 is 2.64 bits per heavy atom. The Morgan fingerprint density at radius 2 is 2.05 bits per heavy atom. The summed E-state index contributed by atoms with van der Waals surface area (Å²) in [4.78, 5) is 15.9. The van der Waals surface area contributed by atoms with Crippen LogP contribution in [0.1, 0.15) is 17.3 Å². The summed E-state index contributed by atoms with van der Waals surface area (Å²) >= 11 is 5.64. The number of aromatic hydroxyl groups is 1. The Hall–Kier alpha value is -2.12. The minimum atomic E-state index is -3.44. The van der Waals surface area contributed by atoms with Crippen molar-refractivity contribution in [2.24, 2.45) is 0 Å². The van der Waals surface area contributed by atoms with Crippen LogP contribution in [-0.2, 0) is 9.84 Å². The molecule has 0 saturated carbocycles. The average Bonchev–Trinajstić information content (AvgIpc) is 2.50. The second-order valence-electron chi connectivity index (χ2n) is 4.41. The van der Waals surface area contributed by atoms with Crippen LogP contribution in [0, 0.1) is 0 Å². The number of carbonyl (C=O) groups is 1. The molecule has 2 rings (SSSR count). The van der Waals surface area contributed by atoms with Crippen molar-refractivity contribution in [2.75, 3.05) is 11.1 Å². The highest BCUT2D eigenvalue weighted by atomic mass is 35.5. The number of amides is 1. The van der Waals surface area contributed by atoms with Gasteiger partial charge in [-0.25, -0.2) is 13.4 Å². The number of hydrogen-bond acceptors (Lipinski definition) is 5. The number of phenols is 1. The second kappa shape index (κ2) is 6.33. The zero-order valence-electron chi connectivity index (χ0n) is 11.6. The number of nitrogens with one attached hydrogen (secondary N) is 1. The number of hydrogen-bond donors (Lipinski definition) is 2. The highest BCUT2D eigenvalue weighted by Gasteiger charge is 2.16. The standard InChI is InChI=1S/C14H13ClN2O4S/c1-2-22(20,21)10-4-5-12(18)11(7-10)17-14(19)9-3-6-13(15)16-8-9/h3-8,18H,2H2,1H3,(H,17,19). The van der Waals surface area contributed by atoms with Crippen LogP contribution in [0.3, 0.4) is 0 Å². The SMILES string of the molecule is CCS(=O)(=O)c1ccc(O)c(NC(=O)c2ccc(Cl)nc2)c1. The molecule has 116 valence electrons. The molecule has 2 N–H and O–H groups in total. The van der Waals surface area contributed by atoms with Crippen LogP contribution in [-0.4, -0.2) is 30.2 Å². The van der Waals surface area contributed by atoms with Crippen molar-refractivity contribution in [3.8, 4) is 5.75 Å². The van der Waals surface area contributed by atoms with E-state index in [1.807, 2.05) is 0 Å². The van der Waals surface area contributed by atoms with Crippen LogP contribution in [0.4, 0.5) is 5.69 Å².